The molecule has 3 amide bonds. The number of aromatic nitrogens is 5. The fourth-order valence-electron chi connectivity index (χ4n) is 10.7. The van der Waals surface area contributed by atoms with E-state index < -0.39 is 206 Å². The van der Waals surface area contributed by atoms with Crippen molar-refractivity contribution in [1.82, 2.24) is 39.5 Å². The summed E-state index contributed by atoms with van der Waals surface area (Å²) in [6.45, 7) is 0.946. The highest BCUT2D eigenvalue weighted by atomic mass is 35.5. The maximum atomic E-state index is 15.7. The number of nitrogens with zero attached hydrogens (tertiary/aromatic N) is 6. The first-order valence-corrected chi connectivity index (χ1v) is 31.3. The number of alkyl halides is 8. The SMILES string of the molecule is Cc1cc(CC(=O)NCC(=O)O)c(C(C)(C)CC(=O)N(Cc2nn(CC(F)(F)F)c3c(-c4ccc(C#CC(C)(C)S(C)(=O)=O)nc4[C@H](Cc4cc(F)cc(F)c4)NC(=O)Cn4nc(C(F)(F)F)c5c4C(F)(F)[C@@H]4C[C@H]54)ccc(Cl)c23)S(=O)[O-])c(OP(=O)(O)O)c1. The lowest BCUT2D eigenvalue weighted by molar-refractivity contribution is -0.143. The zero-order valence-electron chi connectivity index (χ0n) is 47.6. The molecular formula is C55H51ClF10N8O13PS2-. The second-order valence-corrected chi connectivity index (χ2v) is 27.6. The molecule has 0 saturated heterocycles. The summed E-state index contributed by atoms with van der Waals surface area (Å²) in [5, 5.41) is 20.2. The minimum absolute atomic E-state index is 0.0804. The summed E-state index contributed by atoms with van der Waals surface area (Å²) in [5.41, 5.74) is -8.72. The molecule has 2 aliphatic carbocycles. The predicted molar refractivity (Wildman–Crippen MR) is 298 cm³/mol. The summed E-state index contributed by atoms with van der Waals surface area (Å²) in [4.78, 5) is 77.3. The van der Waals surface area contributed by atoms with Crippen molar-refractivity contribution in [3.63, 3.8) is 0 Å². The standard InChI is InChI=1S/C55H52ClF10N8O13PS2/c1-26-13-28(18-40(75)67-22-43(78)79)46(39(14-26)87-88(80,81)82)51(2,3)21-42(77)74(89(83)84)23-38-45-36(56)10-9-33(48(45)73(70-38)25-53(59,60)61)32-8-7-31(11-12-52(4,5)90(6,85)86)68-47(32)37(17-27-15-29(57)19-30(58)16-27)69-41(76)24-72-50-44(49(71-72)55(64,65)66)34-20-35(34)54(50,62)63/h7-10,13-16,19,34-35,37H,17-18,20-25H2,1-6H3,(H,67,75)(H,69,76)(H,78,79)(H,83,84)(H2,80,81,82)/p-1/t34-,35+,37-/m0/s1. The summed E-state index contributed by atoms with van der Waals surface area (Å²) >= 11 is 3.11. The third-order valence-corrected chi connectivity index (χ3v) is 18.2. The van der Waals surface area contributed by atoms with Crippen molar-refractivity contribution in [1.29, 1.82) is 0 Å². The molecular weight excluding hydrogens is 1300 g/mol. The Bertz CT molecular complexity index is 4180. The van der Waals surface area contributed by atoms with Crippen molar-refractivity contribution in [2.24, 2.45) is 5.92 Å². The second kappa shape index (κ2) is 24.6. The molecule has 4 atom stereocenters. The van der Waals surface area contributed by atoms with Crippen LogP contribution < -0.4 is 15.2 Å². The highest BCUT2D eigenvalue weighted by Gasteiger charge is 2.68. The van der Waals surface area contributed by atoms with Crippen LogP contribution in [0.2, 0.25) is 5.02 Å². The van der Waals surface area contributed by atoms with E-state index in [1.807, 2.05) is 0 Å². The van der Waals surface area contributed by atoms with E-state index in [0.29, 0.717) is 10.7 Å². The number of hydrogen-bond acceptors (Lipinski definition) is 13. The van der Waals surface area contributed by atoms with Crippen LogP contribution in [0.25, 0.3) is 22.0 Å². The Kier molecular flexibility index (Phi) is 18.7. The highest BCUT2D eigenvalue weighted by molar-refractivity contribution is 7.92. The number of nitrogens with one attached hydrogen (secondary N) is 2. The van der Waals surface area contributed by atoms with Gasteiger partial charge in [-0.25, -0.2) is 26.7 Å². The molecule has 0 aliphatic heterocycles. The first kappa shape index (κ1) is 68.4. The zero-order chi connectivity index (χ0) is 66.9. The molecule has 3 heterocycles. The van der Waals surface area contributed by atoms with Crippen molar-refractivity contribution in [3.8, 4) is 28.7 Å². The van der Waals surface area contributed by atoms with E-state index in [-0.39, 0.29) is 54.5 Å². The Morgan fingerprint density at radius 1 is 0.967 bits per heavy atom. The third kappa shape index (κ3) is 15.1. The maximum absolute atomic E-state index is 15.7. The summed E-state index contributed by atoms with van der Waals surface area (Å²) in [7, 11) is -9.42. The van der Waals surface area contributed by atoms with E-state index >= 15 is 8.78 Å². The van der Waals surface area contributed by atoms with Gasteiger partial charge in [-0.3, -0.25) is 46.8 Å². The number of sulfone groups is 1. The highest BCUT2D eigenvalue weighted by Crippen LogP contribution is 2.68. The summed E-state index contributed by atoms with van der Waals surface area (Å²) < 4.78 is 217. The number of amides is 3. The largest absolute Gasteiger partial charge is 0.755 e. The Labute approximate surface area is 512 Å². The second-order valence-electron chi connectivity index (χ2n) is 22.6. The van der Waals surface area contributed by atoms with Crippen molar-refractivity contribution in [2.45, 2.75) is 120 Å². The number of fused-ring (bicyclic) bond motifs is 4. The minimum atomic E-state index is -5.45. The van der Waals surface area contributed by atoms with Gasteiger partial charge in [0.1, 0.15) is 53.2 Å². The topological polar surface area (TPSA) is 305 Å². The van der Waals surface area contributed by atoms with Crippen LogP contribution in [-0.4, -0.2) is 108 Å². The lowest BCUT2D eigenvalue weighted by Crippen LogP contribution is -2.37. The molecule has 484 valence electrons. The van der Waals surface area contributed by atoms with Crippen LogP contribution in [-0.2, 0) is 94.8 Å². The van der Waals surface area contributed by atoms with Gasteiger partial charge < -0.3 is 24.8 Å². The normalized spacial score (nSPS) is 16.4. The number of phosphoric ester groups is 1. The fraction of sp³-hybridized carbons (Fsp3) is 0.400. The number of phosphoric acid groups is 1. The lowest BCUT2D eigenvalue weighted by atomic mass is 9.77. The first-order chi connectivity index (χ1) is 41.3. The van der Waals surface area contributed by atoms with Crippen LogP contribution in [0.5, 0.6) is 5.75 Å². The van der Waals surface area contributed by atoms with Crippen molar-refractivity contribution >= 4 is 75.1 Å². The van der Waals surface area contributed by atoms with Crippen LogP contribution in [0.15, 0.2) is 54.6 Å². The van der Waals surface area contributed by atoms with Gasteiger partial charge in [-0.1, -0.05) is 43.5 Å². The van der Waals surface area contributed by atoms with Crippen molar-refractivity contribution in [2.75, 3.05) is 12.8 Å². The predicted octanol–water partition coefficient (Wildman–Crippen LogP) is 8.31. The average Bonchev–Trinajstić information content (AvgIpc) is 1.52. The Morgan fingerprint density at radius 3 is 2.20 bits per heavy atom. The number of carboxylic acid groups (broad SMARTS) is 1. The quantitative estimate of drug-likeness (QED) is 0.0196. The molecule has 1 saturated carbocycles. The number of carbonyl (C=O) groups is 4. The number of rotatable bonds is 21. The van der Waals surface area contributed by atoms with Gasteiger partial charge in [0.2, 0.25) is 17.7 Å². The lowest BCUT2D eigenvalue weighted by Gasteiger charge is -2.33. The molecule has 21 nitrogen and oxygen atoms in total. The number of hydrogen-bond donors (Lipinski definition) is 5. The Hall–Kier alpha value is -7.47. The molecule has 1 unspecified atom stereocenters. The Balaban J connectivity index is 1.29. The maximum Gasteiger partial charge on any atom is 0.524 e. The van der Waals surface area contributed by atoms with Crippen LogP contribution in [0.1, 0.15) is 109 Å². The third-order valence-electron chi connectivity index (χ3n) is 14.8. The number of aryl methyl sites for hydroxylation is 1. The van der Waals surface area contributed by atoms with E-state index in [1.54, 1.807) is 0 Å². The fourth-order valence-corrected chi connectivity index (χ4v) is 12.1. The first-order valence-electron chi connectivity index (χ1n) is 26.4. The van der Waals surface area contributed by atoms with Crippen LogP contribution in [0.4, 0.5) is 43.9 Å². The molecule has 8 rings (SSSR count). The summed E-state index contributed by atoms with van der Waals surface area (Å²) in [6, 6.07) is 7.03. The van der Waals surface area contributed by atoms with Gasteiger partial charge in [0.05, 0.1) is 52.2 Å². The van der Waals surface area contributed by atoms with Gasteiger partial charge >= 0.3 is 26.1 Å². The van der Waals surface area contributed by atoms with Gasteiger partial charge in [0.25, 0.3) is 5.92 Å². The van der Waals surface area contributed by atoms with Crippen LogP contribution in [0.3, 0.4) is 0 Å². The van der Waals surface area contributed by atoms with Gasteiger partial charge in [-0.15, -0.1) is 0 Å². The van der Waals surface area contributed by atoms with Gasteiger partial charge in [0.15, 0.2) is 15.5 Å². The van der Waals surface area contributed by atoms with Crippen molar-refractivity contribution < 1.29 is 104 Å². The molecule has 90 heavy (non-hydrogen) atoms. The number of benzene rings is 3. The van der Waals surface area contributed by atoms with E-state index in [2.05, 4.69) is 37.7 Å². The van der Waals surface area contributed by atoms with Crippen molar-refractivity contribution in [3.05, 3.63) is 128 Å². The van der Waals surface area contributed by atoms with E-state index in [1.165, 1.54) is 40.7 Å². The Morgan fingerprint density at radius 2 is 1.61 bits per heavy atom. The number of pyridine rings is 1. The van der Waals surface area contributed by atoms with Crippen LogP contribution in [0, 0.1) is 36.3 Å². The molecule has 0 bridgehead atoms. The van der Waals surface area contributed by atoms with Gasteiger partial charge in [-0.2, -0.15) is 45.3 Å². The molecule has 3 aromatic carbocycles. The molecule has 1 fully saturated rings. The molecule has 2 aliphatic rings. The van der Waals surface area contributed by atoms with E-state index in [9.17, 15) is 85.8 Å². The number of aliphatic carboxylic acids is 1. The minimum Gasteiger partial charge on any atom is -0.755 e. The van der Waals surface area contributed by atoms with Gasteiger partial charge in [-0.05, 0) is 98.5 Å². The average molecular weight is 1350 g/mol. The zero-order valence-corrected chi connectivity index (χ0v) is 50.9. The monoisotopic (exact) mass is 1350 g/mol. The molecule has 5 N–H and O–H groups in total. The number of carboxylic acids is 1. The van der Waals surface area contributed by atoms with E-state index in [0.717, 1.165) is 48.7 Å². The molecule has 6 aromatic rings. The van der Waals surface area contributed by atoms with Gasteiger partial charge in [0, 0.05) is 57.7 Å². The summed E-state index contributed by atoms with van der Waals surface area (Å²) in [6.07, 6.45) is -12.3. The molecule has 3 aromatic heterocycles. The molecule has 0 radical (unpaired) electrons. The molecule has 35 heteroatoms. The van der Waals surface area contributed by atoms with Crippen LogP contribution >= 0.6 is 19.4 Å². The van der Waals surface area contributed by atoms with E-state index in [4.69, 9.17) is 21.2 Å². The number of carbonyl (C=O) groups excluding carboxylic acids is 3. The number of halogens is 11. The summed E-state index contributed by atoms with van der Waals surface area (Å²) in [5.74, 6) is -9.67. The smallest absolute Gasteiger partial charge is 0.524 e. The molecule has 0 spiro atoms.